The second-order valence-corrected chi connectivity index (χ2v) is 4.85. The van der Waals surface area contributed by atoms with Crippen LogP contribution in [0.25, 0.3) is 0 Å². The van der Waals surface area contributed by atoms with Crippen LogP contribution in [0.3, 0.4) is 0 Å². The van der Waals surface area contributed by atoms with Gasteiger partial charge in [0.15, 0.2) is 0 Å². The van der Waals surface area contributed by atoms with E-state index in [-0.39, 0.29) is 12.5 Å². The second kappa shape index (κ2) is 7.09. The molecular formula is C15H10Cl2N2O2. The van der Waals surface area contributed by atoms with Crippen molar-refractivity contribution in [2.75, 3.05) is 11.9 Å². The van der Waals surface area contributed by atoms with Gasteiger partial charge < -0.3 is 10.4 Å². The molecular weight excluding hydrogens is 311 g/mol. The normalized spacial score (nSPS) is 9.67. The van der Waals surface area contributed by atoms with Crippen LogP contribution in [0.15, 0.2) is 36.4 Å². The van der Waals surface area contributed by atoms with Gasteiger partial charge in [-0.3, -0.25) is 4.79 Å². The molecule has 0 atom stereocenters. The first kappa shape index (κ1) is 15.3. The van der Waals surface area contributed by atoms with E-state index in [2.05, 4.69) is 22.1 Å². The topological polar surface area (TPSA) is 62.2 Å². The molecule has 0 aliphatic rings. The van der Waals surface area contributed by atoms with Crippen LogP contribution in [0.4, 0.5) is 5.82 Å². The summed E-state index contributed by atoms with van der Waals surface area (Å²) in [5.41, 5.74) is 0.784. The van der Waals surface area contributed by atoms with Crippen molar-refractivity contribution in [1.82, 2.24) is 4.98 Å². The first-order valence-corrected chi connectivity index (χ1v) is 6.68. The smallest absolute Gasteiger partial charge is 0.256 e. The highest BCUT2D eigenvalue weighted by molar-refractivity contribution is 6.35. The van der Waals surface area contributed by atoms with Crippen molar-refractivity contribution in [1.29, 1.82) is 0 Å². The summed E-state index contributed by atoms with van der Waals surface area (Å²) in [5.74, 6) is 5.12. The maximum Gasteiger partial charge on any atom is 0.256 e. The molecule has 6 heteroatoms. The molecule has 2 N–H and O–H groups in total. The van der Waals surface area contributed by atoms with Crippen molar-refractivity contribution in [2.24, 2.45) is 0 Å². The molecule has 0 radical (unpaired) electrons. The van der Waals surface area contributed by atoms with E-state index in [4.69, 9.17) is 28.3 Å². The second-order valence-electron chi connectivity index (χ2n) is 3.98. The van der Waals surface area contributed by atoms with Gasteiger partial charge in [0.05, 0.1) is 0 Å². The third kappa shape index (κ3) is 4.47. The average molecular weight is 321 g/mol. The SMILES string of the molecule is O=C(Nc1cccc(C#CCO)n1)c1cc(Cl)cc(Cl)c1. The van der Waals surface area contributed by atoms with Gasteiger partial charge in [-0.2, -0.15) is 0 Å². The van der Waals surface area contributed by atoms with Crippen molar-refractivity contribution >= 4 is 34.9 Å². The fourth-order valence-corrected chi connectivity index (χ4v) is 2.10. The summed E-state index contributed by atoms with van der Waals surface area (Å²) in [6, 6.07) is 9.58. The summed E-state index contributed by atoms with van der Waals surface area (Å²) < 4.78 is 0. The third-order valence-corrected chi connectivity index (χ3v) is 2.85. The highest BCUT2D eigenvalue weighted by Gasteiger charge is 2.09. The zero-order valence-corrected chi connectivity index (χ0v) is 12.2. The fraction of sp³-hybridized carbons (Fsp3) is 0.0667. The molecule has 1 aromatic heterocycles. The van der Waals surface area contributed by atoms with Gasteiger partial charge in [0.1, 0.15) is 18.1 Å². The van der Waals surface area contributed by atoms with Gasteiger partial charge in [-0.05, 0) is 36.3 Å². The number of aliphatic hydroxyl groups excluding tert-OH is 1. The highest BCUT2D eigenvalue weighted by Crippen LogP contribution is 2.19. The number of aliphatic hydroxyl groups is 1. The Morgan fingerprint density at radius 2 is 1.95 bits per heavy atom. The summed E-state index contributed by atoms with van der Waals surface area (Å²) in [6.07, 6.45) is 0. The summed E-state index contributed by atoms with van der Waals surface area (Å²) in [5, 5.41) is 12.0. The van der Waals surface area contributed by atoms with Gasteiger partial charge in [0.2, 0.25) is 0 Å². The van der Waals surface area contributed by atoms with Gasteiger partial charge in [-0.1, -0.05) is 35.2 Å². The molecule has 1 amide bonds. The Bertz CT molecular complexity index is 716. The van der Waals surface area contributed by atoms with Gasteiger partial charge in [-0.25, -0.2) is 4.98 Å². The molecule has 0 unspecified atom stereocenters. The van der Waals surface area contributed by atoms with Gasteiger partial charge in [-0.15, -0.1) is 0 Å². The molecule has 21 heavy (non-hydrogen) atoms. The lowest BCUT2D eigenvalue weighted by molar-refractivity contribution is 0.102. The van der Waals surface area contributed by atoms with Crippen molar-refractivity contribution in [3.63, 3.8) is 0 Å². The number of amides is 1. The first-order chi connectivity index (χ1) is 10.1. The molecule has 0 saturated carbocycles. The van der Waals surface area contributed by atoms with Crippen LogP contribution in [0.1, 0.15) is 16.1 Å². The largest absolute Gasteiger partial charge is 0.384 e. The zero-order valence-electron chi connectivity index (χ0n) is 10.7. The average Bonchev–Trinajstić information content (AvgIpc) is 2.44. The fourth-order valence-electron chi connectivity index (χ4n) is 1.58. The Kier molecular flexibility index (Phi) is 5.18. The van der Waals surface area contributed by atoms with Crippen molar-refractivity contribution in [3.8, 4) is 11.8 Å². The third-order valence-electron chi connectivity index (χ3n) is 2.41. The molecule has 0 saturated heterocycles. The van der Waals surface area contributed by atoms with Gasteiger partial charge in [0.25, 0.3) is 5.91 Å². The molecule has 4 nitrogen and oxygen atoms in total. The van der Waals surface area contributed by atoms with E-state index in [1.165, 1.54) is 12.1 Å². The van der Waals surface area contributed by atoms with Crippen LogP contribution in [-0.4, -0.2) is 22.6 Å². The number of hydrogen-bond acceptors (Lipinski definition) is 3. The van der Waals surface area contributed by atoms with Gasteiger partial charge >= 0.3 is 0 Å². The predicted octanol–water partition coefficient (Wildman–Crippen LogP) is 2.98. The molecule has 0 aliphatic carbocycles. The van der Waals surface area contributed by atoms with Crippen LogP contribution in [0, 0.1) is 11.8 Å². The van der Waals surface area contributed by atoms with Crippen LogP contribution < -0.4 is 5.32 Å². The Labute approximate surface area is 131 Å². The van der Waals surface area contributed by atoms with E-state index >= 15 is 0 Å². The van der Waals surface area contributed by atoms with Gasteiger partial charge in [0, 0.05) is 15.6 Å². The molecule has 0 spiro atoms. The Morgan fingerprint density at radius 1 is 1.24 bits per heavy atom. The monoisotopic (exact) mass is 320 g/mol. The number of benzene rings is 1. The number of hydrogen-bond donors (Lipinski definition) is 2. The zero-order chi connectivity index (χ0) is 15.2. The number of pyridine rings is 1. The predicted molar refractivity (Wildman–Crippen MR) is 82.6 cm³/mol. The van der Waals surface area contributed by atoms with E-state index in [1.807, 2.05) is 0 Å². The number of anilines is 1. The molecule has 0 bridgehead atoms. The van der Waals surface area contributed by atoms with Crippen molar-refractivity contribution in [3.05, 3.63) is 57.7 Å². The summed E-state index contributed by atoms with van der Waals surface area (Å²) in [7, 11) is 0. The van der Waals surface area contributed by atoms with Crippen molar-refractivity contribution in [2.45, 2.75) is 0 Å². The number of aromatic nitrogens is 1. The number of carbonyl (C=O) groups excluding carboxylic acids is 1. The summed E-state index contributed by atoms with van der Waals surface area (Å²) in [6.45, 7) is -0.251. The minimum absolute atomic E-state index is 0.251. The number of nitrogens with zero attached hydrogens (tertiary/aromatic N) is 1. The molecule has 1 heterocycles. The lowest BCUT2D eigenvalue weighted by Gasteiger charge is -2.05. The standard InChI is InChI=1S/C15H10Cl2N2O2/c16-11-7-10(8-12(17)9-11)15(21)19-14-5-1-3-13(18-14)4-2-6-20/h1,3,5,7-9,20H,6H2,(H,18,19,21). The number of carbonyl (C=O) groups is 1. The van der Waals surface area contributed by atoms with Crippen LogP contribution in [0.5, 0.6) is 0 Å². The first-order valence-electron chi connectivity index (χ1n) is 5.93. The van der Waals surface area contributed by atoms with E-state index in [0.717, 1.165) is 0 Å². The van der Waals surface area contributed by atoms with E-state index in [1.54, 1.807) is 24.3 Å². The Morgan fingerprint density at radius 3 is 2.62 bits per heavy atom. The summed E-state index contributed by atoms with van der Waals surface area (Å²) >= 11 is 11.7. The molecule has 1 aromatic carbocycles. The van der Waals surface area contributed by atoms with Crippen LogP contribution >= 0.6 is 23.2 Å². The van der Waals surface area contributed by atoms with E-state index < -0.39 is 0 Å². The Hall–Kier alpha value is -2.06. The maximum absolute atomic E-state index is 12.1. The number of halogens is 2. The van der Waals surface area contributed by atoms with Crippen molar-refractivity contribution < 1.29 is 9.90 Å². The molecule has 2 rings (SSSR count). The lowest BCUT2D eigenvalue weighted by atomic mass is 10.2. The van der Waals surface area contributed by atoms with Crippen LogP contribution in [-0.2, 0) is 0 Å². The minimum atomic E-state index is -0.376. The quantitative estimate of drug-likeness (QED) is 0.836. The molecule has 0 fully saturated rings. The number of nitrogens with one attached hydrogen (secondary N) is 1. The van der Waals surface area contributed by atoms with E-state index in [0.29, 0.717) is 27.1 Å². The molecule has 106 valence electrons. The lowest BCUT2D eigenvalue weighted by Crippen LogP contribution is -2.13. The molecule has 2 aromatic rings. The Balaban J connectivity index is 2.19. The van der Waals surface area contributed by atoms with E-state index in [9.17, 15) is 4.79 Å². The maximum atomic E-state index is 12.1. The number of rotatable bonds is 2. The minimum Gasteiger partial charge on any atom is -0.384 e. The highest BCUT2D eigenvalue weighted by atomic mass is 35.5. The summed E-state index contributed by atoms with van der Waals surface area (Å²) in [4.78, 5) is 16.2. The van der Waals surface area contributed by atoms with Crippen LogP contribution in [0.2, 0.25) is 10.0 Å². The molecule has 0 aliphatic heterocycles.